The largest absolute Gasteiger partial charge is 0.283 e. The third-order valence-corrected chi connectivity index (χ3v) is 6.39. The fraction of sp³-hybridized carbons (Fsp3) is 0.414. The van der Waals surface area contributed by atoms with Crippen LogP contribution in [-0.2, 0) is 0 Å². The van der Waals surface area contributed by atoms with Crippen molar-refractivity contribution in [3.8, 4) is 0 Å². The highest BCUT2D eigenvalue weighted by molar-refractivity contribution is 5.79. The lowest BCUT2D eigenvalue weighted by Gasteiger charge is -2.17. The van der Waals surface area contributed by atoms with Crippen LogP contribution in [0.3, 0.4) is 0 Å². The van der Waals surface area contributed by atoms with Gasteiger partial charge in [0.1, 0.15) is 18.2 Å². The molecule has 1 aliphatic rings. The first-order valence-corrected chi connectivity index (χ1v) is 12.3. The van der Waals surface area contributed by atoms with E-state index in [0.29, 0.717) is 5.92 Å². The number of imidazole rings is 1. The highest BCUT2D eigenvalue weighted by atomic mass is 15.1. The van der Waals surface area contributed by atoms with Crippen molar-refractivity contribution in [3.63, 3.8) is 0 Å². The summed E-state index contributed by atoms with van der Waals surface area (Å²) < 4.78 is 2.09. The molecule has 3 rings (SSSR count). The molecule has 174 valence electrons. The van der Waals surface area contributed by atoms with Gasteiger partial charge in [0, 0.05) is 11.6 Å². The second-order valence-electron chi connectivity index (χ2n) is 8.92. The monoisotopic (exact) mass is 442 g/mol. The predicted octanol–water partition coefficient (Wildman–Crippen LogP) is 7.95. The maximum absolute atomic E-state index is 4.72. The topological polar surface area (TPSA) is 43.6 Å². The molecule has 33 heavy (non-hydrogen) atoms. The van der Waals surface area contributed by atoms with Gasteiger partial charge in [-0.15, -0.1) is 0 Å². The van der Waals surface area contributed by atoms with Crippen LogP contribution >= 0.6 is 0 Å². The molecule has 2 aromatic heterocycles. The van der Waals surface area contributed by atoms with E-state index in [2.05, 4.69) is 85.3 Å². The lowest BCUT2D eigenvalue weighted by molar-refractivity contribution is 0.508. The number of allylic oxidation sites excluding steroid dienone is 11. The smallest absolute Gasteiger partial charge is 0.168 e. The molecule has 2 atom stereocenters. The van der Waals surface area contributed by atoms with Crippen LogP contribution in [0.4, 0.5) is 0 Å². The zero-order valence-electron chi connectivity index (χ0n) is 20.7. The number of nitrogens with zero attached hydrogens (tertiary/aromatic N) is 4. The quantitative estimate of drug-likeness (QED) is 0.332. The van der Waals surface area contributed by atoms with Gasteiger partial charge in [-0.3, -0.25) is 4.57 Å². The highest BCUT2D eigenvalue weighted by Gasteiger charge is 2.17. The van der Waals surface area contributed by atoms with Crippen LogP contribution in [0.25, 0.3) is 16.9 Å². The second kappa shape index (κ2) is 12.3. The molecule has 0 aromatic carbocycles. The van der Waals surface area contributed by atoms with Crippen LogP contribution in [0.5, 0.6) is 0 Å². The van der Waals surface area contributed by atoms with Gasteiger partial charge < -0.3 is 0 Å². The van der Waals surface area contributed by atoms with Crippen LogP contribution in [0.15, 0.2) is 79.0 Å². The molecule has 0 N–H and O–H groups in total. The fourth-order valence-electron chi connectivity index (χ4n) is 4.41. The second-order valence-corrected chi connectivity index (χ2v) is 8.92. The average Bonchev–Trinajstić information content (AvgIpc) is 3.10. The summed E-state index contributed by atoms with van der Waals surface area (Å²) in [6.45, 7) is 12.6. The maximum Gasteiger partial charge on any atom is 0.168 e. The van der Waals surface area contributed by atoms with Crippen LogP contribution in [0.1, 0.15) is 77.8 Å². The number of hydrogen-bond donors (Lipinski definition) is 0. The van der Waals surface area contributed by atoms with Gasteiger partial charge in [-0.25, -0.2) is 15.0 Å². The summed E-state index contributed by atoms with van der Waals surface area (Å²) in [4.78, 5) is 13.9. The molecule has 0 bridgehead atoms. The Hall–Kier alpha value is -3.01. The number of rotatable bonds is 11. The standard InChI is InChI=1S/C29H38N4/c1-6-9-15-24(8-3)25-16-11-17-26(19-18-25)33-21-32-28-27(30-20-31-29(28)33)23(5)14-10-13-22(4)12-7-2/h7,10-13,17-21,23-24H,2,6,8-9,14-16H2,1,3-5H3/b13-10-,22-12-. The molecule has 0 amide bonds. The zero-order chi connectivity index (χ0) is 23.6. The Morgan fingerprint density at radius 3 is 2.82 bits per heavy atom. The molecule has 0 saturated heterocycles. The van der Waals surface area contributed by atoms with Crippen molar-refractivity contribution in [2.75, 3.05) is 0 Å². The van der Waals surface area contributed by atoms with E-state index >= 15 is 0 Å². The zero-order valence-corrected chi connectivity index (χ0v) is 20.7. The van der Waals surface area contributed by atoms with Crippen LogP contribution < -0.4 is 0 Å². The highest BCUT2D eigenvalue weighted by Crippen LogP contribution is 2.29. The van der Waals surface area contributed by atoms with Crippen LogP contribution in [0, 0.1) is 5.92 Å². The summed E-state index contributed by atoms with van der Waals surface area (Å²) in [7, 11) is 0. The van der Waals surface area contributed by atoms with Gasteiger partial charge in [-0.05, 0) is 50.7 Å². The number of hydrogen-bond acceptors (Lipinski definition) is 3. The maximum atomic E-state index is 4.72. The van der Waals surface area contributed by atoms with E-state index in [1.54, 1.807) is 6.33 Å². The molecule has 0 radical (unpaired) electrons. The van der Waals surface area contributed by atoms with Crippen molar-refractivity contribution in [2.45, 2.75) is 72.1 Å². The lowest BCUT2D eigenvalue weighted by Crippen LogP contribution is -2.02. The van der Waals surface area contributed by atoms with Gasteiger partial charge in [0.2, 0.25) is 0 Å². The van der Waals surface area contributed by atoms with Gasteiger partial charge in [0.25, 0.3) is 0 Å². The van der Waals surface area contributed by atoms with E-state index < -0.39 is 0 Å². The molecule has 1 aliphatic carbocycles. The molecule has 4 heteroatoms. The summed E-state index contributed by atoms with van der Waals surface area (Å²) in [5.41, 5.74) is 6.55. The molecule has 4 nitrogen and oxygen atoms in total. The van der Waals surface area contributed by atoms with Crippen molar-refractivity contribution in [3.05, 3.63) is 84.7 Å². The molecule has 0 saturated carbocycles. The minimum absolute atomic E-state index is 0.251. The third-order valence-electron chi connectivity index (χ3n) is 6.39. The average molecular weight is 443 g/mol. The molecule has 2 heterocycles. The van der Waals surface area contributed by atoms with E-state index in [0.717, 1.165) is 35.4 Å². The van der Waals surface area contributed by atoms with Gasteiger partial charge in [0.05, 0.1) is 5.69 Å². The van der Waals surface area contributed by atoms with Crippen molar-refractivity contribution in [1.29, 1.82) is 0 Å². The van der Waals surface area contributed by atoms with Gasteiger partial charge in [0.15, 0.2) is 5.65 Å². The Balaban J connectivity index is 1.85. The predicted molar refractivity (Wildman–Crippen MR) is 141 cm³/mol. The van der Waals surface area contributed by atoms with Gasteiger partial charge >= 0.3 is 0 Å². The number of aromatic nitrogens is 4. The Morgan fingerprint density at radius 1 is 1.21 bits per heavy atom. The summed E-state index contributed by atoms with van der Waals surface area (Å²) >= 11 is 0. The Morgan fingerprint density at radius 2 is 2.06 bits per heavy atom. The minimum atomic E-state index is 0.251. The van der Waals surface area contributed by atoms with E-state index in [9.17, 15) is 0 Å². The Bertz CT molecular complexity index is 1090. The minimum Gasteiger partial charge on any atom is -0.283 e. The fourth-order valence-corrected chi connectivity index (χ4v) is 4.41. The Labute approximate surface area is 199 Å². The van der Waals surface area contributed by atoms with Crippen molar-refractivity contribution >= 4 is 16.9 Å². The van der Waals surface area contributed by atoms with E-state index in [1.807, 2.05) is 18.5 Å². The van der Waals surface area contributed by atoms with E-state index in [-0.39, 0.29) is 5.92 Å². The third kappa shape index (κ3) is 6.28. The number of unbranched alkanes of at least 4 members (excludes halogenated alkanes) is 1. The normalized spacial score (nSPS) is 16.5. The lowest BCUT2D eigenvalue weighted by atomic mass is 9.89. The van der Waals surface area contributed by atoms with Crippen molar-refractivity contribution in [1.82, 2.24) is 19.5 Å². The molecule has 0 spiro atoms. The molecule has 0 fully saturated rings. The summed E-state index contributed by atoms with van der Waals surface area (Å²) in [5, 5.41) is 0. The van der Waals surface area contributed by atoms with Crippen LogP contribution in [0.2, 0.25) is 0 Å². The van der Waals surface area contributed by atoms with Gasteiger partial charge in [-0.2, -0.15) is 0 Å². The molecule has 2 unspecified atom stereocenters. The first-order valence-electron chi connectivity index (χ1n) is 12.3. The molecule has 2 aromatic rings. The van der Waals surface area contributed by atoms with Crippen LogP contribution in [-0.4, -0.2) is 19.5 Å². The summed E-state index contributed by atoms with van der Waals surface area (Å²) in [6, 6.07) is 0. The molecule has 0 aliphatic heterocycles. The number of fused-ring (bicyclic) bond motifs is 1. The summed E-state index contributed by atoms with van der Waals surface area (Å²) in [6.07, 6.45) is 27.6. The Kier molecular flexibility index (Phi) is 9.17. The molecular formula is C29H38N4. The van der Waals surface area contributed by atoms with E-state index in [4.69, 9.17) is 4.98 Å². The van der Waals surface area contributed by atoms with Crippen molar-refractivity contribution < 1.29 is 0 Å². The SMILES string of the molecule is C=C/C=C(C)\C=C/CC(C)c1ncnc2c1ncn2C1=CC=C(C(CC)CCCC)CC=C1. The summed E-state index contributed by atoms with van der Waals surface area (Å²) in [5.74, 6) is 0.915. The molecular weight excluding hydrogens is 404 g/mol. The van der Waals surface area contributed by atoms with E-state index in [1.165, 1.54) is 36.8 Å². The van der Waals surface area contributed by atoms with Crippen molar-refractivity contribution in [2.24, 2.45) is 5.92 Å². The first-order chi connectivity index (χ1) is 16.1. The van der Waals surface area contributed by atoms with Gasteiger partial charge in [-0.1, -0.05) is 87.8 Å². The first kappa shape index (κ1) is 24.6.